The molecule has 0 N–H and O–H groups in total. The van der Waals surface area contributed by atoms with E-state index in [1.54, 1.807) is 13.0 Å². The van der Waals surface area contributed by atoms with Crippen LogP contribution in [0.25, 0.3) is 0 Å². The third kappa shape index (κ3) is 3.72. The van der Waals surface area contributed by atoms with Gasteiger partial charge in [0.2, 0.25) is 0 Å². The molecule has 82 valence electrons. The fourth-order valence-electron chi connectivity index (χ4n) is 1.20. The Bertz CT molecular complexity index is 333. The Balaban J connectivity index is 2.58. The number of carbonyl (C=O) groups is 1. The Hall–Kier alpha value is -1.35. The molecular weight excluding hydrogens is 192 g/mol. The zero-order valence-electron chi connectivity index (χ0n) is 9.32. The lowest BCUT2D eigenvalue weighted by Gasteiger charge is -2.11. The van der Waals surface area contributed by atoms with E-state index in [-0.39, 0.29) is 5.97 Å². The van der Waals surface area contributed by atoms with Gasteiger partial charge in [-0.2, -0.15) is 0 Å². The molecule has 0 fully saturated rings. The fraction of sp³-hybridized carbons (Fsp3) is 0.417. The van der Waals surface area contributed by atoms with Crippen LogP contribution in [0.1, 0.15) is 19.4 Å². The summed E-state index contributed by atoms with van der Waals surface area (Å²) in [6, 6.07) is 7.37. The van der Waals surface area contributed by atoms with Crippen molar-refractivity contribution in [1.82, 2.24) is 0 Å². The van der Waals surface area contributed by atoms with Crippen LogP contribution in [0.4, 0.5) is 0 Å². The summed E-state index contributed by atoms with van der Waals surface area (Å²) >= 11 is 0. The van der Waals surface area contributed by atoms with Gasteiger partial charge in [0.15, 0.2) is 6.10 Å². The highest BCUT2D eigenvalue weighted by Crippen LogP contribution is 2.13. The standard InChI is InChI=1S/C12H16O3/c1-4-14-10(3)12(13)15-11-7-5-6-9(2)8-11/h5-8,10H,4H2,1-3H3. The summed E-state index contributed by atoms with van der Waals surface area (Å²) in [6.45, 7) is 5.98. The Kier molecular flexibility index (Phi) is 4.31. The van der Waals surface area contributed by atoms with Gasteiger partial charge in [0.05, 0.1) is 0 Å². The summed E-state index contributed by atoms with van der Waals surface area (Å²) in [4.78, 5) is 11.5. The highest BCUT2D eigenvalue weighted by atomic mass is 16.6. The highest BCUT2D eigenvalue weighted by molar-refractivity contribution is 5.76. The molecule has 0 bridgehead atoms. The first-order valence-electron chi connectivity index (χ1n) is 5.03. The van der Waals surface area contributed by atoms with Gasteiger partial charge in [-0.05, 0) is 38.5 Å². The van der Waals surface area contributed by atoms with Crippen molar-refractivity contribution in [3.05, 3.63) is 29.8 Å². The van der Waals surface area contributed by atoms with Gasteiger partial charge in [-0.1, -0.05) is 12.1 Å². The number of rotatable bonds is 4. The molecule has 1 aromatic rings. The monoisotopic (exact) mass is 208 g/mol. The molecule has 0 aliphatic rings. The summed E-state index contributed by atoms with van der Waals surface area (Å²) in [5.74, 6) is 0.203. The molecule has 0 saturated heterocycles. The second-order valence-electron chi connectivity index (χ2n) is 3.34. The smallest absolute Gasteiger partial charge is 0.340 e. The quantitative estimate of drug-likeness (QED) is 0.562. The van der Waals surface area contributed by atoms with E-state index in [1.165, 1.54) is 0 Å². The zero-order chi connectivity index (χ0) is 11.3. The van der Waals surface area contributed by atoms with Crippen LogP contribution < -0.4 is 4.74 Å². The number of hydrogen-bond acceptors (Lipinski definition) is 3. The summed E-state index contributed by atoms with van der Waals surface area (Å²) < 4.78 is 10.3. The normalized spacial score (nSPS) is 12.2. The van der Waals surface area contributed by atoms with Gasteiger partial charge >= 0.3 is 5.97 Å². The van der Waals surface area contributed by atoms with Gasteiger partial charge in [0, 0.05) is 6.61 Å². The van der Waals surface area contributed by atoms with Gasteiger partial charge < -0.3 is 9.47 Å². The summed E-state index contributed by atoms with van der Waals surface area (Å²) in [7, 11) is 0. The first-order chi connectivity index (χ1) is 7.13. The van der Waals surface area contributed by atoms with Crippen LogP contribution in [0.3, 0.4) is 0 Å². The van der Waals surface area contributed by atoms with Crippen molar-refractivity contribution in [1.29, 1.82) is 0 Å². The Labute approximate surface area is 90.0 Å². The molecule has 3 heteroatoms. The molecule has 3 nitrogen and oxygen atoms in total. The third-order valence-electron chi connectivity index (χ3n) is 1.96. The first kappa shape index (κ1) is 11.7. The highest BCUT2D eigenvalue weighted by Gasteiger charge is 2.14. The minimum absolute atomic E-state index is 0.359. The molecule has 0 heterocycles. The lowest BCUT2D eigenvalue weighted by molar-refractivity contribution is -0.145. The maximum absolute atomic E-state index is 11.5. The van der Waals surface area contributed by atoms with E-state index in [9.17, 15) is 4.79 Å². The molecular formula is C12H16O3. The molecule has 0 aliphatic heterocycles. The van der Waals surface area contributed by atoms with Gasteiger partial charge in [-0.3, -0.25) is 0 Å². The van der Waals surface area contributed by atoms with Crippen LogP contribution in [-0.4, -0.2) is 18.7 Å². The molecule has 0 spiro atoms. The number of carbonyl (C=O) groups excluding carboxylic acids is 1. The summed E-state index contributed by atoms with van der Waals surface area (Å²) in [5, 5.41) is 0. The SMILES string of the molecule is CCOC(C)C(=O)Oc1cccc(C)c1. The molecule has 15 heavy (non-hydrogen) atoms. The van der Waals surface area contributed by atoms with E-state index in [0.717, 1.165) is 5.56 Å². The number of benzene rings is 1. The second kappa shape index (κ2) is 5.51. The Morgan fingerprint density at radius 2 is 2.20 bits per heavy atom. The predicted molar refractivity (Wildman–Crippen MR) is 57.9 cm³/mol. The van der Waals surface area contributed by atoms with Crippen LogP contribution in [0.5, 0.6) is 5.75 Å². The molecule has 0 saturated carbocycles. The Morgan fingerprint density at radius 3 is 2.80 bits per heavy atom. The third-order valence-corrected chi connectivity index (χ3v) is 1.96. The van der Waals surface area contributed by atoms with E-state index in [4.69, 9.17) is 9.47 Å². The Morgan fingerprint density at radius 1 is 1.47 bits per heavy atom. The van der Waals surface area contributed by atoms with Crippen molar-refractivity contribution in [2.24, 2.45) is 0 Å². The maximum atomic E-state index is 11.5. The number of aryl methyl sites for hydroxylation is 1. The molecule has 0 radical (unpaired) electrons. The molecule has 0 aromatic heterocycles. The van der Waals surface area contributed by atoms with E-state index < -0.39 is 6.10 Å². The topological polar surface area (TPSA) is 35.5 Å². The minimum atomic E-state index is -0.518. The molecule has 1 unspecified atom stereocenters. The molecule has 1 aromatic carbocycles. The van der Waals surface area contributed by atoms with Crippen LogP contribution in [-0.2, 0) is 9.53 Å². The maximum Gasteiger partial charge on any atom is 0.340 e. The lowest BCUT2D eigenvalue weighted by atomic mass is 10.2. The molecule has 1 atom stereocenters. The number of ether oxygens (including phenoxy) is 2. The van der Waals surface area contributed by atoms with Crippen LogP contribution in [0, 0.1) is 6.92 Å². The van der Waals surface area contributed by atoms with E-state index in [1.807, 2.05) is 32.0 Å². The number of esters is 1. The average Bonchev–Trinajstić information content (AvgIpc) is 2.18. The van der Waals surface area contributed by atoms with Crippen molar-refractivity contribution < 1.29 is 14.3 Å². The molecule has 1 rings (SSSR count). The van der Waals surface area contributed by atoms with Gasteiger partial charge in [-0.25, -0.2) is 4.79 Å². The zero-order valence-corrected chi connectivity index (χ0v) is 9.32. The average molecular weight is 208 g/mol. The van der Waals surface area contributed by atoms with E-state index >= 15 is 0 Å². The van der Waals surface area contributed by atoms with Crippen molar-refractivity contribution >= 4 is 5.97 Å². The van der Waals surface area contributed by atoms with Crippen molar-refractivity contribution in [3.8, 4) is 5.75 Å². The summed E-state index contributed by atoms with van der Waals surface area (Å²) in [5.41, 5.74) is 1.06. The van der Waals surface area contributed by atoms with Gasteiger partial charge in [-0.15, -0.1) is 0 Å². The second-order valence-corrected chi connectivity index (χ2v) is 3.34. The van der Waals surface area contributed by atoms with E-state index in [2.05, 4.69) is 0 Å². The molecule has 0 aliphatic carbocycles. The predicted octanol–water partition coefficient (Wildman–Crippen LogP) is 2.33. The van der Waals surface area contributed by atoms with Crippen LogP contribution in [0.15, 0.2) is 24.3 Å². The fourth-order valence-corrected chi connectivity index (χ4v) is 1.20. The van der Waals surface area contributed by atoms with Crippen molar-refractivity contribution in [3.63, 3.8) is 0 Å². The lowest BCUT2D eigenvalue weighted by Crippen LogP contribution is -2.25. The molecule has 0 amide bonds. The van der Waals surface area contributed by atoms with Crippen LogP contribution in [0.2, 0.25) is 0 Å². The van der Waals surface area contributed by atoms with Crippen LogP contribution >= 0.6 is 0 Å². The summed E-state index contributed by atoms with van der Waals surface area (Å²) in [6.07, 6.45) is -0.518. The van der Waals surface area contributed by atoms with Gasteiger partial charge in [0.1, 0.15) is 5.75 Å². The van der Waals surface area contributed by atoms with E-state index in [0.29, 0.717) is 12.4 Å². The first-order valence-corrected chi connectivity index (χ1v) is 5.03. The van der Waals surface area contributed by atoms with Crippen molar-refractivity contribution in [2.45, 2.75) is 26.9 Å². The largest absolute Gasteiger partial charge is 0.425 e. The van der Waals surface area contributed by atoms with Crippen molar-refractivity contribution in [2.75, 3.05) is 6.61 Å². The minimum Gasteiger partial charge on any atom is -0.425 e. The number of hydrogen-bond donors (Lipinski definition) is 0. The van der Waals surface area contributed by atoms with Gasteiger partial charge in [0.25, 0.3) is 0 Å².